The third-order valence-electron chi connectivity index (χ3n) is 7.99. The number of fused-ring (bicyclic) bond motifs is 3. The third kappa shape index (κ3) is 10.3. The summed E-state index contributed by atoms with van der Waals surface area (Å²) >= 11 is 0. The lowest BCUT2D eigenvalue weighted by Crippen LogP contribution is -2.44. The summed E-state index contributed by atoms with van der Waals surface area (Å²) in [5.41, 5.74) is 1.51. The van der Waals surface area contributed by atoms with Crippen LogP contribution in [0.4, 0.5) is 10.6 Å². The van der Waals surface area contributed by atoms with Crippen molar-refractivity contribution in [3.8, 4) is 0 Å². The van der Waals surface area contributed by atoms with E-state index in [0.717, 1.165) is 5.57 Å². The first-order valence-corrected chi connectivity index (χ1v) is 15.9. The second-order valence-corrected chi connectivity index (χ2v) is 12.2. The molecule has 48 heavy (non-hydrogen) atoms. The van der Waals surface area contributed by atoms with Gasteiger partial charge in [0.05, 0.1) is 12.7 Å². The Bertz CT molecular complexity index is 1570. The van der Waals surface area contributed by atoms with Gasteiger partial charge >= 0.3 is 12.1 Å². The minimum Gasteiger partial charge on any atom is -0.460 e. The zero-order valence-corrected chi connectivity index (χ0v) is 27.8. The molecule has 1 unspecified atom stereocenters. The average Bonchev–Trinajstić information content (AvgIpc) is 3.80. The number of aliphatic hydroxyl groups is 1. The highest BCUT2D eigenvalue weighted by atomic mass is 16.6. The zero-order chi connectivity index (χ0) is 34.8. The number of carbonyl (C=O) groups excluding carboxylic acids is 4. The molecule has 0 spiro atoms. The van der Waals surface area contributed by atoms with Gasteiger partial charge in [-0.1, -0.05) is 55.9 Å². The summed E-state index contributed by atoms with van der Waals surface area (Å²) in [6.45, 7) is 9.87. The average molecular weight is 665 g/mol. The summed E-state index contributed by atoms with van der Waals surface area (Å²) in [5, 5.41) is 19.9. The number of cyclic esters (lactones) is 1. The monoisotopic (exact) mass is 664 g/mol. The molecule has 4 rings (SSSR count). The molecule has 0 radical (unpaired) electrons. The first kappa shape index (κ1) is 35.9. The zero-order valence-electron chi connectivity index (χ0n) is 27.8. The van der Waals surface area contributed by atoms with Crippen LogP contribution >= 0.6 is 0 Å². The first-order valence-electron chi connectivity index (χ1n) is 15.9. The summed E-state index contributed by atoms with van der Waals surface area (Å²) in [4.78, 5) is 57.9. The van der Waals surface area contributed by atoms with Gasteiger partial charge < -0.3 is 29.2 Å². The van der Waals surface area contributed by atoms with Crippen molar-refractivity contribution in [2.24, 2.45) is 18.9 Å². The van der Waals surface area contributed by atoms with Crippen LogP contribution in [0.15, 0.2) is 71.0 Å². The van der Waals surface area contributed by atoms with E-state index in [1.54, 1.807) is 57.5 Å². The highest BCUT2D eigenvalue weighted by Crippen LogP contribution is 2.26. The summed E-state index contributed by atoms with van der Waals surface area (Å²) in [7, 11) is 1.72. The molecule has 0 aliphatic carbocycles. The molecule has 1 fully saturated rings. The van der Waals surface area contributed by atoms with Crippen molar-refractivity contribution in [3.63, 3.8) is 0 Å². The molecule has 2 bridgehead atoms. The van der Waals surface area contributed by atoms with E-state index in [2.05, 4.69) is 27.3 Å². The number of esters is 1. The topological polar surface area (TPSA) is 178 Å². The van der Waals surface area contributed by atoms with Crippen LogP contribution in [0, 0.1) is 11.8 Å². The number of oxazole rings is 1. The molecule has 2 aliphatic rings. The van der Waals surface area contributed by atoms with E-state index in [-0.39, 0.29) is 43.5 Å². The maximum absolute atomic E-state index is 13.6. The fourth-order valence-corrected chi connectivity index (χ4v) is 5.58. The molecule has 2 aliphatic heterocycles. The summed E-state index contributed by atoms with van der Waals surface area (Å²) < 4.78 is 18.5. The predicted octanol–water partition coefficient (Wildman–Crippen LogP) is 3.48. The van der Waals surface area contributed by atoms with Gasteiger partial charge in [-0.05, 0) is 32.3 Å². The number of rotatable bonds is 4. The lowest BCUT2D eigenvalue weighted by molar-refractivity contribution is -0.159. The van der Waals surface area contributed by atoms with Crippen LogP contribution in [0.5, 0.6) is 0 Å². The van der Waals surface area contributed by atoms with Crippen molar-refractivity contribution in [1.29, 1.82) is 0 Å². The van der Waals surface area contributed by atoms with Crippen LogP contribution in [0.3, 0.4) is 0 Å². The van der Waals surface area contributed by atoms with Crippen LogP contribution in [0.1, 0.15) is 56.4 Å². The van der Waals surface area contributed by atoms with Gasteiger partial charge in [0.2, 0.25) is 5.91 Å². The Balaban J connectivity index is 1.54. The Morgan fingerprint density at radius 1 is 1.29 bits per heavy atom. The smallest absolute Gasteiger partial charge is 0.412 e. The van der Waals surface area contributed by atoms with E-state index in [1.807, 2.05) is 6.92 Å². The van der Waals surface area contributed by atoms with Crippen molar-refractivity contribution in [3.05, 3.63) is 78.2 Å². The molecule has 0 saturated carbocycles. The molecule has 258 valence electrons. The van der Waals surface area contributed by atoms with Crippen LogP contribution < -0.4 is 10.6 Å². The van der Waals surface area contributed by atoms with E-state index in [0.29, 0.717) is 30.8 Å². The highest BCUT2D eigenvalue weighted by molar-refractivity contribution is 5.95. The largest absolute Gasteiger partial charge is 0.460 e. The maximum Gasteiger partial charge on any atom is 0.412 e. The number of carbonyl (C=O) groups is 4. The Labute approximate surface area is 279 Å². The molecule has 4 heterocycles. The Morgan fingerprint density at radius 3 is 2.83 bits per heavy atom. The van der Waals surface area contributed by atoms with Crippen LogP contribution in [0.25, 0.3) is 0 Å². The number of amides is 3. The molecule has 14 nitrogen and oxygen atoms in total. The number of allylic oxidation sites excluding steroid dienone is 2. The molecule has 0 aromatic carbocycles. The summed E-state index contributed by atoms with van der Waals surface area (Å²) in [6, 6.07) is 0.751. The summed E-state index contributed by atoms with van der Waals surface area (Å²) in [5.74, 6) is -1.82. The molecule has 3 amide bonds. The number of aryl methyl sites for hydroxylation is 1. The number of aliphatic hydroxyl groups excluding tert-OH is 1. The first-order chi connectivity index (χ1) is 22.9. The van der Waals surface area contributed by atoms with Gasteiger partial charge in [0.1, 0.15) is 18.4 Å². The number of hydrogen-bond donors (Lipinski definition) is 3. The maximum atomic E-state index is 13.6. The molecular formula is C34H44N6O8. The quantitative estimate of drug-likeness (QED) is 0.324. The second kappa shape index (κ2) is 16.7. The normalized spacial score (nSPS) is 26.4. The molecule has 2 aromatic rings. The van der Waals surface area contributed by atoms with Gasteiger partial charge in [0, 0.05) is 50.7 Å². The molecule has 1 saturated heterocycles. The number of hydrogen-bond acceptors (Lipinski definition) is 10. The molecular weight excluding hydrogens is 620 g/mol. The van der Waals surface area contributed by atoms with E-state index >= 15 is 0 Å². The van der Waals surface area contributed by atoms with E-state index in [1.165, 1.54) is 21.9 Å². The highest BCUT2D eigenvalue weighted by Gasteiger charge is 2.39. The number of anilines is 1. The van der Waals surface area contributed by atoms with Crippen molar-refractivity contribution in [2.75, 3.05) is 25.0 Å². The van der Waals surface area contributed by atoms with Gasteiger partial charge in [0.15, 0.2) is 17.4 Å². The Kier molecular flexibility index (Phi) is 12.5. The molecule has 3 N–H and O–H groups in total. The van der Waals surface area contributed by atoms with Gasteiger partial charge in [-0.3, -0.25) is 19.6 Å². The van der Waals surface area contributed by atoms with E-state index in [4.69, 9.17) is 13.9 Å². The number of nitrogens with one attached hydrogen (secondary N) is 2. The van der Waals surface area contributed by atoms with Gasteiger partial charge in [-0.2, -0.15) is 5.10 Å². The fourth-order valence-electron chi connectivity index (χ4n) is 5.58. The van der Waals surface area contributed by atoms with Gasteiger partial charge in [-0.25, -0.2) is 14.6 Å². The van der Waals surface area contributed by atoms with Gasteiger partial charge in [-0.15, -0.1) is 0 Å². The third-order valence-corrected chi connectivity index (χ3v) is 7.99. The lowest BCUT2D eigenvalue weighted by Gasteiger charge is -2.30. The molecule has 2 aromatic heterocycles. The number of aromatic nitrogens is 3. The minimum absolute atomic E-state index is 0.0527. The summed E-state index contributed by atoms with van der Waals surface area (Å²) in [6.07, 6.45) is 10.3. The Morgan fingerprint density at radius 2 is 2.08 bits per heavy atom. The van der Waals surface area contributed by atoms with Crippen LogP contribution in [-0.4, -0.2) is 86.6 Å². The Hall–Kier alpha value is -4.98. The van der Waals surface area contributed by atoms with Crippen molar-refractivity contribution in [1.82, 2.24) is 25.0 Å². The van der Waals surface area contributed by atoms with Crippen molar-refractivity contribution >= 4 is 29.7 Å². The molecule has 5 atom stereocenters. The number of ether oxygens (including phenoxy) is 2. The van der Waals surface area contributed by atoms with Crippen LogP contribution in [-0.2, 0) is 32.5 Å². The van der Waals surface area contributed by atoms with E-state index in [9.17, 15) is 24.3 Å². The minimum atomic E-state index is -0.867. The number of nitrogens with zero attached hydrogens (tertiary/aromatic N) is 4. The van der Waals surface area contributed by atoms with Crippen molar-refractivity contribution in [2.45, 2.75) is 64.7 Å². The molecule has 14 heteroatoms. The second-order valence-electron chi connectivity index (χ2n) is 12.2. The van der Waals surface area contributed by atoms with Gasteiger partial charge in [0.25, 0.3) is 5.91 Å². The standard InChI is InChI=1S/C34H44N6O8/c1-21-8-6-13-35-29(42)11-10-23(3)31(24(4)19-47-34(45)37-28-12-15-39(5)38-28)48-33(44)27-9-7-14-40(27)32(43)26-20-46-30(36-26)18-22(2)17-25(41)16-21/h6,8,10-12,15-16,20,23-25,27,31,41H,2,7,9,13-14,17-19H2,1,3-5H3,(H,35,42)(H,37,38,45)/b8-6+,11-10+,21-16+/t23?,24-,25+,27+,31-/m0/s1. The lowest BCUT2D eigenvalue weighted by atomic mass is 9.93. The predicted molar refractivity (Wildman–Crippen MR) is 175 cm³/mol. The fraction of sp³-hybridized carbons (Fsp3) is 0.471. The SMILES string of the molecule is C=C1Cc2nc(co2)C(=O)N2CCC[C@@H]2C(=O)O[C@H]([C@@H](C)COC(=O)Nc2ccn(C)n2)C(C)/C=C/C(=O)NC/C=C/C(C)=C/[C@@H](O)C1. The van der Waals surface area contributed by atoms with Crippen LogP contribution in [0.2, 0.25) is 0 Å². The van der Waals surface area contributed by atoms with Crippen molar-refractivity contribution < 1.29 is 38.2 Å². The van der Waals surface area contributed by atoms with E-state index < -0.39 is 48.1 Å².